The van der Waals surface area contributed by atoms with E-state index in [9.17, 15) is 14.7 Å². The molecule has 0 aliphatic carbocycles. The van der Waals surface area contributed by atoms with Gasteiger partial charge in [-0.05, 0) is 40.3 Å². The Bertz CT molecular complexity index is 449. The van der Waals surface area contributed by atoms with Crippen LogP contribution >= 0.6 is 22.6 Å². The summed E-state index contributed by atoms with van der Waals surface area (Å²) in [7, 11) is 0. The Morgan fingerprint density at radius 3 is 2.50 bits per heavy atom. The molecular formula is C11H14INO5. The van der Waals surface area contributed by atoms with E-state index in [1.54, 1.807) is 12.1 Å². The van der Waals surface area contributed by atoms with Gasteiger partial charge in [-0.1, -0.05) is 6.07 Å². The molecule has 0 saturated heterocycles. The predicted molar refractivity (Wildman–Crippen MR) is 73.4 cm³/mol. The van der Waals surface area contributed by atoms with Crippen molar-refractivity contribution in [3.8, 4) is 5.75 Å². The first-order valence-electron chi connectivity index (χ1n) is 4.87. The largest absolute Gasteiger partial charge is 0.507 e. The van der Waals surface area contributed by atoms with Gasteiger partial charge >= 0.3 is 5.97 Å². The van der Waals surface area contributed by atoms with Crippen molar-refractivity contribution >= 4 is 34.5 Å². The molecule has 18 heavy (non-hydrogen) atoms. The number of carbonyl (C=O) groups is 2. The maximum absolute atomic E-state index is 10.9. The van der Waals surface area contributed by atoms with Gasteiger partial charge in [0.05, 0.1) is 3.57 Å². The Morgan fingerprint density at radius 1 is 1.44 bits per heavy atom. The number of halogens is 1. The molecule has 6 nitrogen and oxygen atoms in total. The summed E-state index contributed by atoms with van der Waals surface area (Å²) >= 11 is 1.95. The number of aliphatic carboxylic acids is 1. The van der Waals surface area contributed by atoms with Crippen LogP contribution in [0.2, 0.25) is 0 Å². The molecule has 1 rings (SSSR count). The molecule has 5 N–H and O–H groups in total. The lowest BCUT2D eigenvalue weighted by atomic mass is 10.1. The number of phenols is 1. The van der Waals surface area contributed by atoms with E-state index in [4.69, 9.17) is 5.11 Å². The molecule has 0 spiro atoms. The molecule has 1 aromatic rings. The van der Waals surface area contributed by atoms with Gasteiger partial charge in [-0.2, -0.15) is 0 Å². The highest BCUT2D eigenvalue weighted by Crippen LogP contribution is 2.20. The predicted octanol–water partition coefficient (Wildman–Crippen LogP) is 0.304. The number of carbonyl (C=O) groups excluding carboxylic acids is 1. The summed E-state index contributed by atoms with van der Waals surface area (Å²) in [6, 6.07) is 3.88. The Kier molecular flexibility index (Phi) is 6.63. The van der Waals surface area contributed by atoms with Gasteiger partial charge in [0.15, 0.2) is 0 Å². The zero-order valence-electron chi connectivity index (χ0n) is 9.61. The molecule has 0 aromatic heterocycles. The molecule has 1 atom stereocenters. The van der Waals surface area contributed by atoms with Crippen molar-refractivity contribution < 1.29 is 25.3 Å². The third-order valence-corrected chi connectivity index (χ3v) is 2.99. The van der Waals surface area contributed by atoms with Crippen LogP contribution in [0.1, 0.15) is 12.5 Å². The lowest BCUT2D eigenvalue weighted by Gasteiger charge is -2.13. The minimum Gasteiger partial charge on any atom is -0.507 e. The Balaban J connectivity index is 0.00000289. The second-order valence-electron chi connectivity index (χ2n) is 3.58. The molecule has 0 aliphatic rings. The van der Waals surface area contributed by atoms with Crippen molar-refractivity contribution in [2.75, 3.05) is 0 Å². The van der Waals surface area contributed by atoms with E-state index in [1.165, 1.54) is 13.0 Å². The zero-order chi connectivity index (χ0) is 13.0. The van der Waals surface area contributed by atoms with Gasteiger partial charge in [0, 0.05) is 13.3 Å². The van der Waals surface area contributed by atoms with Gasteiger partial charge in [0.2, 0.25) is 5.91 Å². The van der Waals surface area contributed by atoms with E-state index in [0.29, 0.717) is 3.57 Å². The van der Waals surface area contributed by atoms with Crippen LogP contribution in [0.3, 0.4) is 0 Å². The number of amides is 1. The van der Waals surface area contributed by atoms with Crippen LogP contribution in [0.5, 0.6) is 5.75 Å². The lowest BCUT2D eigenvalue weighted by Crippen LogP contribution is -2.41. The summed E-state index contributed by atoms with van der Waals surface area (Å²) in [5.41, 5.74) is 0.744. The zero-order valence-corrected chi connectivity index (χ0v) is 11.8. The molecule has 0 bridgehead atoms. The second kappa shape index (κ2) is 7.17. The Hall–Kier alpha value is -1.35. The van der Waals surface area contributed by atoms with Crippen LogP contribution in [0, 0.1) is 3.57 Å². The number of carboxylic acids is 1. The third kappa shape index (κ3) is 4.88. The number of hydrogen-bond donors (Lipinski definition) is 3. The van der Waals surface area contributed by atoms with Crippen LogP contribution in [0.25, 0.3) is 0 Å². The average Bonchev–Trinajstić information content (AvgIpc) is 2.21. The fraction of sp³-hybridized carbons (Fsp3) is 0.273. The van der Waals surface area contributed by atoms with Crippen molar-refractivity contribution in [2.45, 2.75) is 19.4 Å². The van der Waals surface area contributed by atoms with Crippen LogP contribution in [-0.2, 0) is 16.0 Å². The maximum Gasteiger partial charge on any atom is 0.326 e. The Morgan fingerprint density at radius 2 is 2.06 bits per heavy atom. The van der Waals surface area contributed by atoms with E-state index in [-0.39, 0.29) is 23.6 Å². The van der Waals surface area contributed by atoms with Gasteiger partial charge in [-0.15, -0.1) is 0 Å². The molecule has 0 heterocycles. The van der Waals surface area contributed by atoms with Crippen molar-refractivity contribution in [1.29, 1.82) is 0 Å². The fourth-order valence-corrected chi connectivity index (χ4v) is 1.94. The van der Waals surface area contributed by atoms with Crippen LogP contribution in [0.4, 0.5) is 0 Å². The number of carboxylic acid groups (broad SMARTS) is 1. The number of hydrogen-bond acceptors (Lipinski definition) is 3. The first-order valence-corrected chi connectivity index (χ1v) is 5.95. The summed E-state index contributed by atoms with van der Waals surface area (Å²) < 4.78 is 0.645. The van der Waals surface area contributed by atoms with Crippen LogP contribution in [-0.4, -0.2) is 33.6 Å². The summed E-state index contributed by atoms with van der Waals surface area (Å²) in [5.74, 6) is -1.31. The van der Waals surface area contributed by atoms with Crippen molar-refractivity contribution in [1.82, 2.24) is 5.32 Å². The highest BCUT2D eigenvalue weighted by molar-refractivity contribution is 14.1. The number of rotatable bonds is 4. The second-order valence-corrected chi connectivity index (χ2v) is 4.74. The molecule has 0 unspecified atom stereocenters. The Labute approximate surface area is 117 Å². The van der Waals surface area contributed by atoms with Gasteiger partial charge in [0.25, 0.3) is 0 Å². The van der Waals surface area contributed by atoms with Crippen molar-refractivity contribution in [2.24, 2.45) is 0 Å². The van der Waals surface area contributed by atoms with E-state index in [2.05, 4.69) is 5.32 Å². The molecule has 100 valence electrons. The first-order chi connectivity index (χ1) is 7.90. The highest BCUT2D eigenvalue weighted by Gasteiger charge is 2.19. The highest BCUT2D eigenvalue weighted by atomic mass is 127. The summed E-state index contributed by atoms with van der Waals surface area (Å²) in [6.07, 6.45) is 0.186. The molecule has 0 fully saturated rings. The van der Waals surface area contributed by atoms with E-state index < -0.39 is 12.0 Å². The normalized spacial score (nSPS) is 11.2. The molecular weight excluding hydrogens is 353 g/mol. The molecule has 0 aliphatic heterocycles. The molecule has 7 heteroatoms. The number of nitrogens with one attached hydrogen (secondary N) is 1. The van der Waals surface area contributed by atoms with Gasteiger partial charge < -0.3 is 21.0 Å². The lowest BCUT2D eigenvalue weighted by molar-refractivity contribution is -0.141. The maximum atomic E-state index is 10.9. The number of phenolic OH excluding ortho intramolecular Hbond substituents is 1. The smallest absolute Gasteiger partial charge is 0.326 e. The SMILES string of the molecule is CC(=O)N[C@@H](Cc1ccc(O)c(I)c1)C(=O)O.O. The van der Waals surface area contributed by atoms with Crippen molar-refractivity contribution in [3.63, 3.8) is 0 Å². The summed E-state index contributed by atoms with van der Waals surface area (Å²) in [5, 5.41) is 20.6. The van der Waals surface area contributed by atoms with Crippen molar-refractivity contribution in [3.05, 3.63) is 27.3 Å². The van der Waals surface area contributed by atoms with Crippen LogP contribution in [0.15, 0.2) is 18.2 Å². The van der Waals surface area contributed by atoms with Gasteiger partial charge in [-0.3, -0.25) is 4.79 Å². The molecule has 1 aromatic carbocycles. The van der Waals surface area contributed by atoms with Gasteiger partial charge in [0.1, 0.15) is 11.8 Å². The van der Waals surface area contributed by atoms with E-state index in [1.807, 2.05) is 22.6 Å². The van der Waals surface area contributed by atoms with Gasteiger partial charge in [-0.25, -0.2) is 4.79 Å². The molecule has 0 saturated carbocycles. The fourth-order valence-electron chi connectivity index (χ4n) is 1.36. The number of benzene rings is 1. The minimum atomic E-state index is -1.08. The summed E-state index contributed by atoms with van der Waals surface area (Å²) in [6.45, 7) is 1.27. The summed E-state index contributed by atoms with van der Waals surface area (Å²) in [4.78, 5) is 21.8. The average molecular weight is 367 g/mol. The monoisotopic (exact) mass is 367 g/mol. The van der Waals surface area contributed by atoms with Crippen LogP contribution < -0.4 is 5.32 Å². The third-order valence-electron chi connectivity index (χ3n) is 2.13. The minimum absolute atomic E-state index is 0. The number of aromatic hydroxyl groups is 1. The first kappa shape index (κ1) is 16.6. The topological polar surface area (TPSA) is 118 Å². The standard InChI is InChI=1S/C11H12INO4.H2O/c1-6(14)13-9(11(16)17)5-7-2-3-10(15)8(12)4-7;/h2-4,9,15H,5H2,1H3,(H,13,14)(H,16,17);1H2/t9-;/m0./s1. The quantitative estimate of drug-likeness (QED) is 0.664. The van der Waals surface area contributed by atoms with E-state index >= 15 is 0 Å². The van der Waals surface area contributed by atoms with E-state index in [0.717, 1.165) is 5.56 Å². The molecule has 1 amide bonds. The molecule has 0 radical (unpaired) electrons.